The maximum absolute atomic E-state index is 8.77. The molecule has 0 atom stereocenters. The molecule has 1 aromatic heterocycles. The van der Waals surface area contributed by atoms with Crippen LogP contribution in [0.3, 0.4) is 0 Å². The molecule has 0 aliphatic heterocycles. The van der Waals surface area contributed by atoms with Crippen molar-refractivity contribution in [3.8, 4) is 29.3 Å². The number of nitriles is 1. The molecular formula is C18H13N3O2. The fraction of sp³-hybridized carbons (Fsp3) is 0.0556. The van der Waals surface area contributed by atoms with E-state index in [-0.39, 0.29) is 0 Å². The number of ether oxygens (including phenoxy) is 2. The van der Waals surface area contributed by atoms with Crippen LogP contribution < -0.4 is 9.47 Å². The van der Waals surface area contributed by atoms with Gasteiger partial charge < -0.3 is 9.47 Å². The largest absolute Gasteiger partial charge is 0.457 e. The van der Waals surface area contributed by atoms with Crippen molar-refractivity contribution in [3.63, 3.8) is 0 Å². The van der Waals surface area contributed by atoms with Gasteiger partial charge in [-0.15, -0.1) is 0 Å². The molecule has 112 valence electrons. The summed E-state index contributed by atoms with van der Waals surface area (Å²) >= 11 is 0. The summed E-state index contributed by atoms with van der Waals surface area (Å²) in [6.45, 7) is 1.88. The lowest BCUT2D eigenvalue weighted by Gasteiger charge is -2.07. The van der Waals surface area contributed by atoms with E-state index < -0.39 is 0 Å². The molecule has 23 heavy (non-hydrogen) atoms. The molecular weight excluding hydrogens is 290 g/mol. The monoisotopic (exact) mass is 303 g/mol. The molecule has 3 rings (SSSR count). The Bertz CT molecular complexity index is 837. The number of hydrogen-bond acceptors (Lipinski definition) is 5. The molecule has 2 aromatic carbocycles. The predicted molar refractivity (Wildman–Crippen MR) is 84.5 cm³/mol. The maximum Gasteiger partial charge on any atom is 0.322 e. The van der Waals surface area contributed by atoms with Gasteiger partial charge in [0.25, 0.3) is 0 Å². The van der Waals surface area contributed by atoms with Crippen LogP contribution in [-0.4, -0.2) is 9.97 Å². The van der Waals surface area contributed by atoms with Gasteiger partial charge in [0.15, 0.2) is 0 Å². The molecule has 0 amide bonds. The molecule has 0 radical (unpaired) electrons. The van der Waals surface area contributed by atoms with Gasteiger partial charge >= 0.3 is 6.01 Å². The Hall–Kier alpha value is -3.39. The molecule has 1 heterocycles. The first kappa shape index (κ1) is 14.5. The van der Waals surface area contributed by atoms with Crippen LogP contribution in [0.1, 0.15) is 11.3 Å². The van der Waals surface area contributed by atoms with Crippen LogP contribution in [0, 0.1) is 18.3 Å². The van der Waals surface area contributed by atoms with Gasteiger partial charge in [0.1, 0.15) is 17.2 Å². The van der Waals surface area contributed by atoms with Gasteiger partial charge in [-0.1, -0.05) is 0 Å². The highest BCUT2D eigenvalue weighted by Crippen LogP contribution is 2.25. The summed E-state index contributed by atoms with van der Waals surface area (Å²) in [5.74, 6) is 1.97. The van der Waals surface area contributed by atoms with E-state index in [4.69, 9.17) is 14.7 Å². The van der Waals surface area contributed by atoms with Crippen LogP contribution in [-0.2, 0) is 0 Å². The molecule has 3 aromatic rings. The lowest BCUT2D eigenvalue weighted by molar-refractivity contribution is 0.437. The smallest absolute Gasteiger partial charge is 0.322 e. The molecule has 0 fully saturated rings. The van der Waals surface area contributed by atoms with Crippen LogP contribution in [0.15, 0.2) is 60.8 Å². The second-order valence-electron chi connectivity index (χ2n) is 4.79. The third kappa shape index (κ3) is 3.83. The Labute approximate surface area is 133 Å². The van der Waals surface area contributed by atoms with Crippen LogP contribution in [0.2, 0.25) is 0 Å². The molecule has 0 unspecified atom stereocenters. The molecule has 0 bridgehead atoms. The fourth-order valence-electron chi connectivity index (χ4n) is 1.89. The van der Waals surface area contributed by atoms with E-state index in [0.29, 0.717) is 28.8 Å². The second kappa shape index (κ2) is 6.58. The first-order chi connectivity index (χ1) is 11.2. The third-order valence-corrected chi connectivity index (χ3v) is 3.02. The van der Waals surface area contributed by atoms with Crippen LogP contribution in [0.25, 0.3) is 0 Å². The minimum Gasteiger partial charge on any atom is -0.457 e. The van der Waals surface area contributed by atoms with Crippen molar-refractivity contribution in [2.45, 2.75) is 6.92 Å². The topological polar surface area (TPSA) is 68.0 Å². The zero-order chi connectivity index (χ0) is 16.1. The third-order valence-electron chi connectivity index (χ3n) is 3.02. The zero-order valence-electron chi connectivity index (χ0n) is 12.4. The molecule has 5 heteroatoms. The van der Waals surface area contributed by atoms with Crippen molar-refractivity contribution in [2.24, 2.45) is 0 Å². The fourth-order valence-corrected chi connectivity index (χ4v) is 1.89. The molecule has 0 saturated heterocycles. The molecule has 5 nitrogen and oxygen atoms in total. The Kier molecular flexibility index (Phi) is 4.16. The molecule has 0 aliphatic carbocycles. The van der Waals surface area contributed by atoms with Crippen molar-refractivity contribution < 1.29 is 9.47 Å². The number of benzene rings is 2. The van der Waals surface area contributed by atoms with Crippen molar-refractivity contribution in [3.05, 3.63) is 72.1 Å². The number of aryl methyl sites for hydroxylation is 1. The van der Waals surface area contributed by atoms with Gasteiger partial charge in [-0.3, -0.25) is 0 Å². The summed E-state index contributed by atoms with van der Waals surface area (Å²) in [6, 6.07) is 18.3. The van der Waals surface area contributed by atoms with Crippen molar-refractivity contribution in [1.29, 1.82) is 5.26 Å². The lowest BCUT2D eigenvalue weighted by Crippen LogP contribution is -1.92. The lowest BCUT2D eigenvalue weighted by atomic mass is 10.2. The first-order valence-electron chi connectivity index (χ1n) is 6.98. The Balaban J connectivity index is 1.68. The Morgan fingerprint density at radius 2 is 1.39 bits per heavy atom. The van der Waals surface area contributed by atoms with Crippen molar-refractivity contribution in [1.82, 2.24) is 9.97 Å². The second-order valence-corrected chi connectivity index (χ2v) is 4.79. The van der Waals surface area contributed by atoms with Crippen molar-refractivity contribution in [2.75, 3.05) is 0 Å². The minimum absolute atomic E-state index is 0.311. The van der Waals surface area contributed by atoms with Gasteiger partial charge in [-0.2, -0.15) is 5.26 Å². The SMILES string of the molecule is Cc1ccnc(Oc2ccc(Oc3ccc(C#N)cc3)cc2)n1. The van der Waals surface area contributed by atoms with E-state index in [1.807, 2.05) is 6.92 Å². The summed E-state index contributed by atoms with van der Waals surface area (Å²) in [7, 11) is 0. The number of aromatic nitrogens is 2. The molecule has 0 aliphatic rings. The summed E-state index contributed by atoms with van der Waals surface area (Å²) in [5, 5.41) is 8.77. The van der Waals surface area contributed by atoms with E-state index in [0.717, 1.165) is 5.69 Å². The molecule has 0 spiro atoms. The maximum atomic E-state index is 8.77. The minimum atomic E-state index is 0.311. The normalized spacial score (nSPS) is 9.91. The number of rotatable bonds is 4. The first-order valence-corrected chi connectivity index (χ1v) is 6.98. The van der Waals surface area contributed by atoms with Crippen LogP contribution in [0.4, 0.5) is 0 Å². The highest BCUT2D eigenvalue weighted by atomic mass is 16.5. The van der Waals surface area contributed by atoms with E-state index in [1.54, 1.807) is 60.8 Å². The van der Waals surface area contributed by atoms with Crippen LogP contribution in [0.5, 0.6) is 23.3 Å². The van der Waals surface area contributed by atoms with E-state index in [2.05, 4.69) is 16.0 Å². The zero-order valence-corrected chi connectivity index (χ0v) is 12.4. The van der Waals surface area contributed by atoms with E-state index >= 15 is 0 Å². The summed E-state index contributed by atoms with van der Waals surface area (Å²) in [4.78, 5) is 8.23. The summed E-state index contributed by atoms with van der Waals surface area (Å²) in [5.41, 5.74) is 1.44. The van der Waals surface area contributed by atoms with Crippen molar-refractivity contribution >= 4 is 0 Å². The highest BCUT2D eigenvalue weighted by molar-refractivity contribution is 5.39. The van der Waals surface area contributed by atoms with Gasteiger partial charge in [-0.05, 0) is 61.5 Å². The molecule has 0 saturated carbocycles. The standard InChI is InChI=1S/C18H13N3O2/c1-13-10-11-20-18(21-13)23-17-8-6-16(7-9-17)22-15-4-2-14(12-19)3-5-15/h2-11H,1H3. The van der Waals surface area contributed by atoms with Gasteiger partial charge in [0.05, 0.1) is 11.6 Å². The Morgan fingerprint density at radius 1 is 0.826 bits per heavy atom. The Morgan fingerprint density at radius 3 is 1.96 bits per heavy atom. The average Bonchev–Trinajstić information content (AvgIpc) is 2.57. The number of hydrogen-bond donors (Lipinski definition) is 0. The van der Waals surface area contributed by atoms with Gasteiger partial charge in [0.2, 0.25) is 0 Å². The average molecular weight is 303 g/mol. The van der Waals surface area contributed by atoms with E-state index in [1.165, 1.54) is 0 Å². The predicted octanol–water partition coefficient (Wildman–Crippen LogP) is 4.24. The highest BCUT2D eigenvalue weighted by Gasteiger charge is 2.02. The van der Waals surface area contributed by atoms with Gasteiger partial charge in [0, 0.05) is 11.9 Å². The van der Waals surface area contributed by atoms with Crippen LogP contribution >= 0.6 is 0 Å². The quantitative estimate of drug-likeness (QED) is 0.721. The summed E-state index contributed by atoms with van der Waals surface area (Å²) in [6.07, 6.45) is 1.65. The molecule has 0 N–H and O–H groups in total. The van der Waals surface area contributed by atoms with Gasteiger partial charge in [-0.25, -0.2) is 9.97 Å². The van der Waals surface area contributed by atoms with E-state index in [9.17, 15) is 0 Å². The number of nitrogens with zero attached hydrogens (tertiary/aromatic N) is 3. The summed E-state index contributed by atoms with van der Waals surface area (Å²) < 4.78 is 11.3.